The zero-order valence-corrected chi connectivity index (χ0v) is 17.6. The minimum atomic E-state index is -3.42. The van der Waals surface area contributed by atoms with Gasteiger partial charge in [0.25, 0.3) is 0 Å². The van der Waals surface area contributed by atoms with Crippen LogP contribution in [0.3, 0.4) is 0 Å². The summed E-state index contributed by atoms with van der Waals surface area (Å²) in [5.41, 5.74) is 3.54. The van der Waals surface area contributed by atoms with Crippen LogP contribution in [-0.2, 0) is 9.32 Å². The van der Waals surface area contributed by atoms with Crippen LogP contribution in [0.5, 0.6) is 0 Å². The summed E-state index contributed by atoms with van der Waals surface area (Å²) in [7, 11) is 0. The van der Waals surface area contributed by atoms with Crippen molar-refractivity contribution in [2.45, 2.75) is 27.7 Å². The molecule has 0 bridgehead atoms. The van der Waals surface area contributed by atoms with Crippen LogP contribution >= 0.6 is 6.83 Å². The molecule has 3 rings (SSSR count). The summed E-state index contributed by atoms with van der Waals surface area (Å²) in [6.07, 6.45) is 0. The van der Waals surface area contributed by atoms with Gasteiger partial charge in [0.15, 0.2) is 0 Å². The van der Waals surface area contributed by atoms with Gasteiger partial charge in [0.1, 0.15) is 0 Å². The van der Waals surface area contributed by atoms with Crippen LogP contribution in [0, 0.1) is 20.8 Å². The second-order valence-corrected chi connectivity index (χ2v) is 12.2. The van der Waals surface area contributed by atoms with Crippen LogP contribution in [0.25, 0.3) is 0 Å². The van der Waals surface area contributed by atoms with Crippen molar-refractivity contribution in [3.63, 3.8) is 0 Å². The Morgan fingerprint density at radius 2 is 0.889 bits per heavy atom. The zero-order chi connectivity index (χ0) is 19.7. The first kappa shape index (κ1) is 19.3. The van der Waals surface area contributed by atoms with Crippen LogP contribution in [-0.4, -0.2) is 12.6 Å². The van der Waals surface area contributed by atoms with Gasteiger partial charge in [-0.05, 0) is 0 Å². The predicted molar refractivity (Wildman–Crippen MR) is 117 cm³/mol. The molecule has 0 aliphatic carbocycles. The molecular formula is C24H27O2P. The van der Waals surface area contributed by atoms with E-state index >= 15 is 0 Å². The Morgan fingerprint density at radius 1 is 0.630 bits per heavy atom. The summed E-state index contributed by atoms with van der Waals surface area (Å²) < 4.78 is 6.39. The number of aryl methyl sites for hydroxylation is 3. The monoisotopic (exact) mass is 378 g/mol. The van der Waals surface area contributed by atoms with Crippen molar-refractivity contribution in [1.82, 2.24) is 0 Å². The Hall–Kier alpha value is -2.44. The molecule has 0 unspecified atom stereocenters. The fourth-order valence-electron chi connectivity index (χ4n) is 3.64. The van der Waals surface area contributed by atoms with Gasteiger partial charge in [-0.15, -0.1) is 0 Å². The summed E-state index contributed by atoms with van der Waals surface area (Å²) in [5.74, 6) is -0.267. The van der Waals surface area contributed by atoms with Crippen molar-refractivity contribution >= 4 is 28.7 Å². The van der Waals surface area contributed by atoms with Gasteiger partial charge in [-0.1, -0.05) is 0 Å². The fraction of sp³-hybridized carbons (Fsp3) is 0.208. The number of rotatable bonds is 4. The third-order valence-electron chi connectivity index (χ3n) is 5.32. The molecule has 0 spiro atoms. The molecular weight excluding hydrogens is 351 g/mol. The summed E-state index contributed by atoms with van der Waals surface area (Å²) >= 11 is 0. The Morgan fingerprint density at radius 3 is 1.11 bits per heavy atom. The number of carbonyl (C=O) groups is 1. The molecule has 0 aliphatic rings. The molecule has 0 N–H and O–H groups in total. The van der Waals surface area contributed by atoms with Crippen LogP contribution in [0.2, 0.25) is 0 Å². The number of benzene rings is 3. The first-order valence-electron chi connectivity index (χ1n) is 9.17. The fourth-order valence-corrected chi connectivity index (χ4v) is 8.09. The molecule has 0 saturated carbocycles. The van der Waals surface area contributed by atoms with Crippen molar-refractivity contribution in [1.29, 1.82) is 0 Å². The summed E-state index contributed by atoms with van der Waals surface area (Å²) in [6, 6.07) is 25.2. The van der Waals surface area contributed by atoms with Gasteiger partial charge < -0.3 is 0 Å². The van der Waals surface area contributed by atoms with Gasteiger partial charge in [0, 0.05) is 0 Å². The Bertz CT molecular complexity index is 841. The van der Waals surface area contributed by atoms with Crippen molar-refractivity contribution in [2.75, 3.05) is 6.66 Å². The van der Waals surface area contributed by atoms with Crippen LogP contribution in [0.1, 0.15) is 23.6 Å². The maximum absolute atomic E-state index is 12.4. The molecule has 0 amide bonds. The van der Waals surface area contributed by atoms with Gasteiger partial charge in [0.2, 0.25) is 0 Å². The van der Waals surface area contributed by atoms with E-state index in [1.807, 2.05) is 0 Å². The quantitative estimate of drug-likeness (QED) is 0.623. The van der Waals surface area contributed by atoms with E-state index < -0.39 is 6.83 Å². The van der Waals surface area contributed by atoms with Crippen LogP contribution in [0.15, 0.2) is 72.8 Å². The molecule has 3 aromatic carbocycles. The molecule has 27 heavy (non-hydrogen) atoms. The molecule has 0 aromatic heterocycles. The first-order valence-corrected chi connectivity index (χ1v) is 11.8. The third-order valence-corrected chi connectivity index (χ3v) is 10.7. The van der Waals surface area contributed by atoms with Crippen molar-refractivity contribution in [2.24, 2.45) is 0 Å². The Kier molecular flexibility index (Phi) is 4.97. The average molecular weight is 378 g/mol. The SMILES string of the molecule is CC(=O)OP(C)(c1ccc(C)cc1)(c1ccc(C)cc1)c1ccc(C)cc1. The standard InChI is InChI=1S/C24H27O2P/c1-18-6-12-22(13-7-18)27(5,26-21(4)25,23-14-8-19(2)9-15-23)24-16-10-20(3)11-17-24/h6-17H,1-5H3. The van der Waals surface area contributed by atoms with Crippen LogP contribution in [0.4, 0.5) is 0 Å². The predicted octanol–water partition coefficient (Wildman–Crippen LogP) is 4.55. The van der Waals surface area contributed by atoms with E-state index in [1.54, 1.807) is 0 Å². The van der Waals surface area contributed by atoms with Gasteiger partial charge in [0.05, 0.1) is 0 Å². The molecule has 0 atom stereocenters. The average Bonchev–Trinajstić information content (AvgIpc) is 2.62. The number of carbonyl (C=O) groups excluding carboxylic acids is 1. The van der Waals surface area contributed by atoms with Crippen molar-refractivity contribution < 1.29 is 9.32 Å². The van der Waals surface area contributed by atoms with Crippen molar-refractivity contribution in [3.05, 3.63) is 89.5 Å². The molecule has 0 saturated heterocycles. The Balaban J connectivity index is 2.44. The van der Waals surface area contributed by atoms with E-state index in [-0.39, 0.29) is 5.97 Å². The zero-order valence-electron chi connectivity index (χ0n) is 16.7. The summed E-state index contributed by atoms with van der Waals surface area (Å²) in [4.78, 5) is 12.4. The molecule has 3 heteroatoms. The molecule has 3 aromatic rings. The van der Waals surface area contributed by atoms with Crippen molar-refractivity contribution in [3.8, 4) is 0 Å². The topological polar surface area (TPSA) is 26.3 Å². The second-order valence-electron chi connectivity index (χ2n) is 7.55. The van der Waals surface area contributed by atoms with Gasteiger partial charge >= 0.3 is 162 Å². The molecule has 0 heterocycles. The van der Waals surface area contributed by atoms with Crippen LogP contribution < -0.4 is 15.9 Å². The van der Waals surface area contributed by atoms with E-state index in [0.29, 0.717) is 0 Å². The van der Waals surface area contributed by atoms with E-state index in [0.717, 1.165) is 15.9 Å². The van der Waals surface area contributed by atoms with E-state index in [4.69, 9.17) is 4.52 Å². The van der Waals surface area contributed by atoms with E-state index in [1.165, 1.54) is 23.6 Å². The van der Waals surface area contributed by atoms with E-state index in [2.05, 4.69) is 100 Å². The number of hydrogen-bond acceptors (Lipinski definition) is 2. The maximum atomic E-state index is 12.4. The molecule has 0 aliphatic heterocycles. The minimum absolute atomic E-state index is 0.267. The normalized spacial score (nSPS) is 12.9. The summed E-state index contributed by atoms with van der Waals surface area (Å²) in [6.45, 7) is 6.42. The van der Waals surface area contributed by atoms with Gasteiger partial charge in [-0.2, -0.15) is 0 Å². The molecule has 0 radical (unpaired) electrons. The first-order chi connectivity index (χ1) is 12.7. The number of hydrogen-bond donors (Lipinski definition) is 0. The molecule has 140 valence electrons. The molecule has 0 fully saturated rings. The second kappa shape index (κ2) is 6.94. The van der Waals surface area contributed by atoms with Gasteiger partial charge in [-0.25, -0.2) is 0 Å². The van der Waals surface area contributed by atoms with Gasteiger partial charge in [-0.3, -0.25) is 0 Å². The summed E-state index contributed by atoms with van der Waals surface area (Å²) in [5, 5.41) is 3.15. The Labute approximate surface area is 162 Å². The molecule has 2 nitrogen and oxygen atoms in total. The van der Waals surface area contributed by atoms with E-state index in [9.17, 15) is 4.79 Å². The third kappa shape index (κ3) is 3.31.